The number of anilines is 2. The van der Waals surface area contributed by atoms with Gasteiger partial charge in [-0.05, 0) is 29.8 Å². The number of benzene rings is 1. The van der Waals surface area contributed by atoms with Crippen LogP contribution in [0.15, 0.2) is 65.0 Å². The average Bonchev–Trinajstić information content (AvgIpc) is 3.23. The summed E-state index contributed by atoms with van der Waals surface area (Å²) >= 11 is 1.60. The molecule has 4 heterocycles. The summed E-state index contributed by atoms with van der Waals surface area (Å²) in [5, 5.41) is 10.4. The van der Waals surface area contributed by atoms with Gasteiger partial charge in [0.25, 0.3) is 0 Å². The quantitative estimate of drug-likeness (QED) is 0.571. The van der Waals surface area contributed by atoms with E-state index < -0.39 is 0 Å². The first-order valence-electron chi connectivity index (χ1n) is 8.75. The predicted octanol–water partition coefficient (Wildman–Crippen LogP) is 3.49. The van der Waals surface area contributed by atoms with E-state index in [1.807, 2.05) is 27.6 Å². The lowest BCUT2D eigenvalue weighted by Crippen LogP contribution is -2.24. The van der Waals surface area contributed by atoms with E-state index in [1.54, 1.807) is 37.5 Å². The normalized spacial score (nSPS) is 12.9. The predicted molar refractivity (Wildman–Crippen MR) is 107 cm³/mol. The van der Waals surface area contributed by atoms with Gasteiger partial charge in [0.1, 0.15) is 17.4 Å². The monoisotopic (exact) mass is 391 g/mol. The second-order valence-corrected chi connectivity index (χ2v) is 7.36. The molecule has 0 bridgehead atoms. The van der Waals surface area contributed by atoms with Crippen LogP contribution in [0.25, 0.3) is 16.8 Å². The number of pyridine rings is 1. The van der Waals surface area contributed by atoms with Crippen molar-refractivity contribution in [3.8, 4) is 11.1 Å². The van der Waals surface area contributed by atoms with Crippen molar-refractivity contribution < 1.29 is 9.84 Å². The van der Waals surface area contributed by atoms with E-state index in [9.17, 15) is 5.11 Å². The minimum Gasteiger partial charge on any atom is -0.390 e. The van der Waals surface area contributed by atoms with E-state index in [-0.39, 0.29) is 6.61 Å². The molecule has 28 heavy (non-hydrogen) atoms. The number of aliphatic hydroxyl groups excluding tert-OH is 1. The van der Waals surface area contributed by atoms with Crippen LogP contribution in [0, 0.1) is 0 Å². The number of rotatable bonds is 4. The van der Waals surface area contributed by atoms with Gasteiger partial charge in [0, 0.05) is 48.1 Å². The summed E-state index contributed by atoms with van der Waals surface area (Å²) in [6.07, 6.45) is 7.00. The molecular weight excluding hydrogens is 374 g/mol. The number of aromatic nitrogens is 4. The fourth-order valence-electron chi connectivity index (χ4n) is 3.46. The Labute approximate surface area is 165 Å². The van der Waals surface area contributed by atoms with Gasteiger partial charge in [0.05, 0.1) is 12.3 Å². The molecule has 3 aromatic heterocycles. The smallest absolute Gasteiger partial charge is 0.168 e. The van der Waals surface area contributed by atoms with Gasteiger partial charge >= 0.3 is 0 Å². The van der Waals surface area contributed by atoms with Crippen molar-refractivity contribution >= 4 is 28.9 Å². The van der Waals surface area contributed by atoms with Gasteiger partial charge in [0.2, 0.25) is 0 Å². The fourth-order valence-corrected chi connectivity index (χ4v) is 4.44. The third-order valence-corrected chi connectivity index (χ3v) is 5.77. The van der Waals surface area contributed by atoms with Gasteiger partial charge in [0.15, 0.2) is 5.82 Å². The van der Waals surface area contributed by atoms with Crippen LogP contribution < -0.4 is 4.90 Å². The molecule has 1 aromatic carbocycles. The van der Waals surface area contributed by atoms with Crippen molar-refractivity contribution in [1.82, 2.24) is 19.4 Å². The topological polar surface area (TPSA) is 75.8 Å². The Kier molecular flexibility index (Phi) is 4.23. The maximum Gasteiger partial charge on any atom is 0.168 e. The van der Waals surface area contributed by atoms with Gasteiger partial charge in [-0.2, -0.15) is 0 Å². The van der Waals surface area contributed by atoms with E-state index in [0.29, 0.717) is 6.73 Å². The maximum absolute atomic E-state index is 9.58. The van der Waals surface area contributed by atoms with Crippen LogP contribution in [0.4, 0.5) is 11.5 Å². The molecule has 4 aromatic rings. The molecule has 0 fully saturated rings. The SMILES string of the molecule is COCN1c2cc(-c3ccc(CO)n4ccnc34)ccc2Sc2nccnc21. The highest BCUT2D eigenvalue weighted by Crippen LogP contribution is 2.47. The number of imidazole rings is 1. The van der Waals surface area contributed by atoms with Gasteiger partial charge in [-0.1, -0.05) is 17.8 Å². The fraction of sp³-hybridized carbons (Fsp3) is 0.150. The minimum atomic E-state index is -0.0367. The van der Waals surface area contributed by atoms with Gasteiger partial charge in [-0.3, -0.25) is 4.90 Å². The second-order valence-electron chi connectivity index (χ2n) is 6.33. The lowest BCUT2D eigenvalue weighted by molar-refractivity contribution is 0.205. The Morgan fingerprint density at radius 3 is 2.82 bits per heavy atom. The first-order chi connectivity index (χ1) is 13.8. The number of hydrogen-bond donors (Lipinski definition) is 1. The first kappa shape index (κ1) is 17.2. The molecule has 1 aliphatic rings. The number of hydrogen-bond acceptors (Lipinski definition) is 7. The molecular formula is C20H17N5O2S. The van der Waals surface area contributed by atoms with Crippen molar-refractivity contribution in [2.45, 2.75) is 16.5 Å². The Hall–Kier alpha value is -2.94. The molecule has 0 unspecified atom stereocenters. The van der Waals surface area contributed by atoms with E-state index >= 15 is 0 Å². The molecule has 7 nitrogen and oxygen atoms in total. The van der Waals surface area contributed by atoms with E-state index in [4.69, 9.17) is 4.74 Å². The zero-order valence-corrected chi connectivity index (χ0v) is 15.9. The maximum atomic E-state index is 9.58. The molecule has 1 N–H and O–H groups in total. The third kappa shape index (κ3) is 2.65. The third-order valence-electron chi connectivity index (χ3n) is 4.72. The van der Waals surface area contributed by atoms with Crippen LogP contribution >= 0.6 is 11.8 Å². The lowest BCUT2D eigenvalue weighted by Gasteiger charge is -2.30. The second kappa shape index (κ2) is 6.90. The highest BCUT2D eigenvalue weighted by Gasteiger charge is 2.26. The van der Waals surface area contributed by atoms with Crippen LogP contribution in [0.1, 0.15) is 5.69 Å². The summed E-state index contributed by atoms with van der Waals surface area (Å²) in [6.45, 7) is 0.343. The Morgan fingerprint density at radius 2 is 1.96 bits per heavy atom. The molecule has 1 aliphatic heterocycles. The van der Waals surface area contributed by atoms with Crippen LogP contribution in [0.5, 0.6) is 0 Å². The minimum absolute atomic E-state index is 0.0367. The highest BCUT2D eigenvalue weighted by molar-refractivity contribution is 7.99. The zero-order chi connectivity index (χ0) is 19.1. The molecule has 0 aliphatic carbocycles. The van der Waals surface area contributed by atoms with Crippen molar-refractivity contribution in [1.29, 1.82) is 0 Å². The van der Waals surface area contributed by atoms with Crippen LogP contribution in [0.3, 0.4) is 0 Å². The number of nitrogens with zero attached hydrogens (tertiary/aromatic N) is 5. The zero-order valence-electron chi connectivity index (χ0n) is 15.1. The summed E-state index contributed by atoms with van der Waals surface area (Å²) < 4.78 is 7.35. The van der Waals surface area contributed by atoms with Crippen LogP contribution in [-0.2, 0) is 11.3 Å². The molecule has 0 saturated carbocycles. The Morgan fingerprint density at radius 1 is 1.07 bits per heavy atom. The highest BCUT2D eigenvalue weighted by atomic mass is 32.2. The summed E-state index contributed by atoms with van der Waals surface area (Å²) in [7, 11) is 1.67. The molecule has 5 rings (SSSR count). The lowest BCUT2D eigenvalue weighted by atomic mass is 10.1. The Balaban J connectivity index is 1.66. The van der Waals surface area contributed by atoms with Gasteiger partial charge in [-0.15, -0.1) is 0 Å². The molecule has 0 saturated heterocycles. The van der Waals surface area contributed by atoms with Crippen molar-refractivity contribution in [2.24, 2.45) is 0 Å². The van der Waals surface area contributed by atoms with Crippen molar-refractivity contribution in [3.63, 3.8) is 0 Å². The number of fused-ring (bicyclic) bond motifs is 3. The largest absolute Gasteiger partial charge is 0.390 e. The molecule has 0 spiro atoms. The van der Waals surface area contributed by atoms with Crippen LogP contribution in [0.2, 0.25) is 0 Å². The molecule has 0 radical (unpaired) electrons. The summed E-state index contributed by atoms with van der Waals surface area (Å²) in [6, 6.07) is 10.2. The van der Waals surface area contributed by atoms with E-state index in [2.05, 4.69) is 33.2 Å². The van der Waals surface area contributed by atoms with E-state index in [1.165, 1.54) is 0 Å². The molecule has 8 heteroatoms. The number of ether oxygens (including phenoxy) is 1. The Bertz CT molecular complexity index is 1180. The van der Waals surface area contributed by atoms with Crippen molar-refractivity contribution in [2.75, 3.05) is 18.7 Å². The van der Waals surface area contributed by atoms with Gasteiger partial charge in [-0.25, -0.2) is 15.0 Å². The average molecular weight is 391 g/mol. The molecule has 0 amide bonds. The summed E-state index contributed by atoms with van der Waals surface area (Å²) in [5.41, 5.74) is 4.67. The van der Waals surface area contributed by atoms with Crippen LogP contribution in [-0.4, -0.2) is 38.3 Å². The summed E-state index contributed by atoms with van der Waals surface area (Å²) in [4.78, 5) is 16.6. The van der Waals surface area contributed by atoms with Gasteiger partial charge < -0.3 is 14.2 Å². The number of aliphatic hydroxyl groups is 1. The first-order valence-corrected chi connectivity index (χ1v) is 9.57. The molecule has 0 atom stereocenters. The molecule has 140 valence electrons. The number of methoxy groups -OCH3 is 1. The van der Waals surface area contributed by atoms with E-state index in [0.717, 1.165) is 43.9 Å². The standard InChI is InChI=1S/C20H17N5O2S/c1-27-12-25-16-10-13(2-5-17(16)28-20-19(25)21-6-7-23-20)15-4-3-14(11-26)24-9-8-22-18(15)24/h2-10,26H,11-12H2,1H3. The summed E-state index contributed by atoms with van der Waals surface area (Å²) in [5.74, 6) is 0.792. The van der Waals surface area contributed by atoms with Crippen molar-refractivity contribution in [3.05, 3.63) is 60.8 Å².